The maximum Gasteiger partial charge on any atom is 0.412 e. The first-order valence-corrected chi connectivity index (χ1v) is 5.33. The van der Waals surface area contributed by atoms with Gasteiger partial charge in [-0.05, 0) is 17.7 Å². The Hall–Kier alpha value is -1.27. The molecular formula is C11H11ClF3NO2. The van der Waals surface area contributed by atoms with Crippen LogP contribution in [0.4, 0.5) is 13.2 Å². The smallest absolute Gasteiger partial charge is 0.375 e. The fraction of sp³-hybridized carbons (Fsp3) is 0.364. The molecule has 0 heterocycles. The van der Waals surface area contributed by atoms with E-state index in [1.165, 1.54) is 31.4 Å². The molecule has 1 rings (SSSR count). The van der Waals surface area contributed by atoms with Crippen LogP contribution >= 0.6 is 11.6 Å². The van der Waals surface area contributed by atoms with Crippen molar-refractivity contribution in [2.24, 2.45) is 0 Å². The van der Waals surface area contributed by atoms with Crippen molar-refractivity contribution >= 4 is 17.5 Å². The zero-order valence-corrected chi connectivity index (χ0v) is 10.2. The number of alkyl halides is 3. The Balaban J connectivity index is 2.92. The second-order valence-electron chi connectivity index (χ2n) is 3.53. The van der Waals surface area contributed by atoms with E-state index in [2.05, 4.69) is 4.74 Å². The topological polar surface area (TPSA) is 38.3 Å². The zero-order chi connectivity index (χ0) is 13.8. The molecule has 1 N–H and O–H groups in total. The molecule has 0 aromatic heterocycles. The van der Waals surface area contributed by atoms with E-state index in [0.717, 1.165) is 0 Å². The molecule has 18 heavy (non-hydrogen) atoms. The summed E-state index contributed by atoms with van der Waals surface area (Å²) in [7, 11) is 1.23. The normalized spacial score (nSPS) is 13.2. The molecule has 0 radical (unpaired) electrons. The van der Waals surface area contributed by atoms with Crippen molar-refractivity contribution in [2.45, 2.75) is 12.2 Å². The molecule has 0 aliphatic heterocycles. The molecule has 0 aliphatic carbocycles. The summed E-state index contributed by atoms with van der Waals surface area (Å²) in [5.74, 6) is -0.838. The van der Waals surface area contributed by atoms with Gasteiger partial charge < -0.3 is 10.1 Å². The summed E-state index contributed by atoms with van der Waals surface area (Å²) in [6.07, 6.45) is -4.59. The van der Waals surface area contributed by atoms with Gasteiger partial charge in [-0.15, -0.1) is 0 Å². The van der Waals surface area contributed by atoms with E-state index in [9.17, 15) is 18.0 Å². The van der Waals surface area contributed by atoms with Gasteiger partial charge in [-0.1, -0.05) is 23.7 Å². The third-order valence-electron chi connectivity index (χ3n) is 2.11. The van der Waals surface area contributed by atoms with E-state index in [4.69, 9.17) is 11.6 Å². The van der Waals surface area contributed by atoms with Crippen LogP contribution in [0.5, 0.6) is 0 Å². The van der Waals surface area contributed by atoms with E-state index in [0.29, 0.717) is 5.02 Å². The molecule has 1 aromatic carbocycles. The Kier molecular flexibility index (Phi) is 4.98. The van der Waals surface area contributed by atoms with E-state index in [-0.39, 0.29) is 5.56 Å². The predicted molar refractivity (Wildman–Crippen MR) is 60.3 cm³/mol. The summed E-state index contributed by atoms with van der Waals surface area (Å²) in [5, 5.41) is 2.18. The highest BCUT2D eigenvalue weighted by atomic mass is 35.5. The lowest BCUT2D eigenvalue weighted by atomic mass is 10.1. The highest BCUT2D eigenvalue weighted by Gasteiger charge is 2.41. The molecule has 0 saturated carbocycles. The number of halogens is 4. The minimum atomic E-state index is -4.59. The van der Waals surface area contributed by atoms with Gasteiger partial charge in [0.25, 0.3) is 0 Å². The third-order valence-corrected chi connectivity index (χ3v) is 2.36. The summed E-state index contributed by atoms with van der Waals surface area (Å²) >= 11 is 5.60. The Morgan fingerprint density at radius 3 is 2.39 bits per heavy atom. The van der Waals surface area contributed by atoms with Crippen LogP contribution in [0.2, 0.25) is 5.02 Å². The number of nitrogens with one attached hydrogen (secondary N) is 1. The highest BCUT2D eigenvalue weighted by molar-refractivity contribution is 6.30. The van der Waals surface area contributed by atoms with Crippen molar-refractivity contribution in [2.75, 3.05) is 13.7 Å². The van der Waals surface area contributed by atoms with Crippen molar-refractivity contribution in [1.82, 2.24) is 5.32 Å². The Labute approximate surface area is 107 Å². The Bertz CT molecular complexity index is 406. The number of hydrogen-bond donors (Lipinski definition) is 1. The van der Waals surface area contributed by atoms with Gasteiger partial charge in [0.2, 0.25) is 5.91 Å². The molecule has 0 aliphatic rings. The Morgan fingerprint density at radius 1 is 1.39 bits per heavy atom. The monoisotopic (exact) mass is 281 g/mol. The SMILES string of the molecule is COCC(=O)N[C@@H](c1ccc(Cl)cc1)C(F)(F)F. The van der Waals surface area contributed by atoms with E-state index in [1.807, 2.05) is 5.32 Å². The molecule has 0 unspecified atom stereocenters. The van der Waals surface area contributed by atoms with Crippen LogP contribution in [-0.4, -0.2) is 25.8 Å². The van der Waals surface area contributed by atoms with Gasteiger partial charge in [-0.3, -0.25) is 4.79 Å². The minimum Gasteiger partial charge on any atom is -0.375 e. The number of hydrogen-bond acceptors (Lipinski definition) is 2. The number of benzene rings is 1. The second kappa shape index (κ2) is 6.06. The van der Waals surface area contributed by atoms with Gasteiger partial charge in [-0.25, -0.2) is 0 Å². The predicted octanol–water partition coefficient (Wildman–Crippen LogP) is 2.71. The summed E-state index contributed by atoms with van der Waals surface area (Å²) < 4.78 is 42.9. The van der Waals surface area contributed by atoms with Crippen LogP contribution in [0.25, 0.3) is 0 Å². The van der Waals surface area contributed by atoms with Crippen LogP contribution in [0.1, 0.15) is 11.6 Å². The molecule has 1 aromatic rings. The van der Waals surface area contributed by atoms with Gasteiger partial charge in [0.05, 0.1) is 0 Å². The first-order valence-electron chi connectivity index (χ1n) is 4.95. The molecule has 1 atom stereocenters. The van der Waals surface area contributed by atoms with Crippen LogP contribution in [0.15, 0.2) is 24.3 Å². The van der Waals surface area contributed by atoms with Crippen molar-refractivity contribution in [3.8, 4) is 0 Å². The molecule has 3 nitrogen and oxygen atoms in total. The molecule has 0 spiro atoms. The summed E-state index contributed by atoms with van der Waals surface area (Å²) in [5.41, 5.74) is -0.0867. The summed E-state index contributed by atoms with van der Waals surface area (Å²) in [6, 6.07) is 3.02. The van der Waals surface area contributed by atoms with E-state index < -0.39 is 24.7 Å². The first kappa shape index (κ1) is 14.8. The van der Waals surface area contributed by atoms with Crippen molar-refractivity contribution in [3.05, 3.63) is 34.9 Å². The number of rotatable bonds is 4. The lowest BCUT2D eigenvalue weighted by molar-refractivity contribution is -0.164. The van der Waals surface area contributed by atoms with Gasteiger partial charge in [0, 0.05) is 12.1 Å². The van der Waals surface area contributed by atoms with Crippen LogP contribution in [0.3, 0.4) is 0 Å². The minimum absolute atomic E-state index is 0.0867. The number of amides is 1. The van der Waals surface area contributed by atoms with Crippen LogP contribution in [-0.2, 0) is 9.53 Å². The molecule has 0 fully saturated rings. The fourth-order valence-electron chi connectivity index (χ4n) is 1.34. The fourth-order valence-corrected chi connectivity index (χ4v) is 1.47. The zero-order valence-electron chi connectivity index (χ0n) is 9.42. The average Bonchev–Trinajstić information content (AvgIpc) is 2.26. The maximum absolute atomic E-state index is 12.8. The van der Waals surface area contributed by atoms with Gasteiger partial charge >= 0.3 is 6.18 Å². The lowest BCUT2D eigenvalue weighted by Gasteiger charge is -2.22. The average molecular weight is 282 g/mol. The van der Waals surface area contributed by atoms with Crippen LogP contribution in [0, 0.1) is 0 Å². The highest BCUT2D eigenvalue weighted by Crippen LogP contribution is 2.33. The molecule has 0 bridgehead atoms. The molecule has 7 heteroatoms. The van der Waals surface area contributed by atoms with Gasteiger partial charge in [-0.2, -0.15) is 13.2 Å². The van der Waals surface area contributed by atoms with E-state index >= 15 is 0 Å². The Morgan fingerprint density at radius 2 is 1.94 bits per heavy atom. The number of carbonyl (C=O) groups excluding carboxylic acids is 1. The number of ether oxygens (including phenoxy) is 1. The van der Waals surface area contributed by atoms with Crippen LogP contribution < -0.4 is 5.32 Å². The standard InChI is InChI=1S/C11H11ClF3NO2/c1-18-6-9(17)16-10(11(13,14)15)7-2-4-8(12)5-3-7/h2-5,10H,6H2,1H3,(H,16,17)/t10-/m0/s1. The number of carbonyl (C=O) groups is 1. The maximum atomic E-state index is 12.8. The van der Waals surface area contributed by atoms with E-state index in [1.54, 1.807) is 0 Å². The number of methoxy groups -OCH3 is 1. The molecule has 1 amide bonds. The van der Waals surface area contributed by atoms with Crippen molar-refractivity contribution in [1.29, 1.82) is 0 Å². The summed E-state index contributed by atoms with van der Waals surface area (Å²) in [6.45, 7) is -0.430. The van der Waals surface area contributed by atoms with Crippen molar-refractivity contribution in [3.63, 3.8) is 0 Å². The molecular weight excluding hydrogens is 271 g/mol. The third kappa shape index (κ3) is 4.19. The molecule has 100 valence electrons. The second-order valence-corrected chi connectivity index (χ2v) is 3.96. The largest absolute Gasteiger partial charge is 0.412 e. The molecule has 0 saturated heterocycles. The van der Waals surface area contributed by atoms with Gasteiger partial charge in [0.15, 0.2) is 6.04 Å². The lowest BCUT2D eigenvalue weighted by Crippen LogP contribution is -2.39. The van der Waals surface area contributed by atoms with Crippen molar-refractivity contribution < 1.29 is 22.7 Å². The summed E-state index contributed by atoms with van der Waals surface area (Å²) in [4.78, 5) is 11.2. The van der Waals surface area contributed by atoms with Gasteiger partial charge in [0.1, 0.15) is 6.61 Å². The quantitative estimate of drug-likeness (QED) is 0.921. The first-order chi connectivity index (χ1) is 8.34.